The molecule has 746 valence electrons. The van der Waals surface area contributed by atoms with E-state index in [-0.39, 0.29) is 51.8 Å². The first-order valence-electron chi connectivity index (χ1n) is 43.3. The number of nitrogens with two attached hydrogens (primary N) is 3. The minimum Gasteiger partial charge on any atom is -0.478 e. The Kier molecular flexibility index (Phi) is 38.1. The van der Waals surface area contributed by atoms with E-state index in [1.54, 1.807) is 167 Å². The summed E-state index contributed by atoms with van der Waals surface area (Å²) in [5.74, 6) is -0.833. The van der Waals surface area contributed by atoms with E-state index in [9.17, 15) is 58.7 Å². The van der Waals surface area contributed by atoms with Gasteiger partial charge in [0, 0.05) is 133 Å². The molecule has 0 fully saturated rings. The normalized spacial score (nSPS) is 10.7. The second-order valence-corrected chi connectivity index (χ2v) is 33.1. The summed E-state index contributed by atoms with van der Waals surface area (Å²) in [6.07, 6.45) is 9.51. The Morgan fingerprint density at radius 1 is 0.397 bits per heavy atom. The van der Waals surface area contributed by atoms with Crippen molar-refractivity contribution in [1.29, 1.82) is 0 Å². The van der Waals surface area contributed by atoms with Crippen molar-refractivity contribution in [3.63, 3.8) is 0 Å². The molecule has 0 saturated heterocycles. The molecule has 0 spiro atoms. The summed E-state index contributed by atoms with van der Waals surface area (Å²) in [6, 6.07) is 60.1. The number of aryl methyl sites for hydroxylation is 7. The standard InChI is InChI=1S/C28H22F3N7O.C18H16N4O2.C17H14N4O2.C11H10F3N3.C9H9IO2.C9H8N4.C7H5BrF3N.C4H6N2/c1-17-6-7-19(11-25(17)37-27-33-10-8-24(36-27)23-5-3-4-9-32-23)26(39)35-21-12-20(28(29,30)31)13-22(14-21)38-15-18(2)34-16-38;1-12-6-7-13(17(23)24-2)11-16(12)22-18-20-10-8-15(21-18)14-5-3-4-9-19-14;1-11-5-6-12(16(22)23)10-15(11)21-17-19-9-7-14(20-17)13-4-2-3-8-18-13;1-7-5-17(6-16-7)10-3-8(11(12,13)14)2-9(15)4-10;1-6-3-4-7(5-8(6)10)9(11)12-2;10-9-12-6-4-8(13-9)7-3-1-2-5-11-7;8-5-1-4(7(9,10)11)2-6(12)3-5;1-4-2-5-3-6-4/h3-16H,1-2H3,(H,35,39)(H,33,36,37);3-11H,1-2H3,(H,20,21,22);2-10H,1H3,(H,22,23)(H,19,20,21);2-6H,15H2,1H3;3-5H,1-2H3;1-6H,(H2,10,12,13);1-3H,12H2;2-3H,1H3,(H,5,6). The van der Waals surface area contributed by atoms with Crippen molar-refractivity contribution in [2.75, 3.05) is 52.7 Å². The number of hydrogen-bond acceptors (Lipinski definition) is 27. The lowest BCUT2D eigenvalue weighted by atomic mass is 10.1. The second-order valence-electron chi connectivity index (χ2n) is 31.1. The van der Waals surface area contributed by atoms with Crippen molar-refractivity contribution < 1.29 is 73.3 Å². The maximum absolute atomic E-state index is 13.6. The number of H-pyrrole nitrogens is 1. The molecule has 0 aliphatic rings. The predicted molar refractivity (Wildman–Crippen MR) is 548 cm³/mol. The topological polar surface area (TPSA) is 452 Å². The number of hydrogen-bond donors (Lipinski definition) is 9. The van der Waals surface area contributed by atoms with Crippen LogP contribution in [-0.2, 0) is 28.0 Å². The van der Waals surface area contributed by atoms with Crippen LogP contribution >= 0.6 is 38.5 Å². The Hall–Kier alpha value is -17.7. The van der Waals surface area contributed by atoms with Crippen LogP contribution in [-0.4, -0.2) is 132 Å². The first kappa shape index (κ1) is 109. The quantitative estimate of drug-likeness (QED) is 0.0177. The summed E-state index contributed by atoms with van der Waals surface area (Å²) < 4.78 is 129. The molecular weight excluding hydrogens is 2080 g/mol. The van der Waals surface area contributed by atoms with Crippen LogP contribution in [0.15, 0.2) is 316 Å². The number of alkyl halides is 9. The number of nitrogens with zero attached hydrogens (tertiary/aromatic N) is 17. The van der Waals surface area contributed by atoms with E-state index < -0.39 is 47.1 Å². The number of methoxy groups -OCH3 is 2. The molecule has 7 aromatic carbocycles. The number of carboxylic acids is 1. The van der Waals surface area contributed by atoms with E-state index >= 15 is 0 Å². The van der Waals surface area contributed by atoms with Gasteiger partial charge in [0.2, 0.25) is 23.8 Å². The Balaban J connectivity index is 0.000000167. The van der Waals surface area contributed by atoms with E-state index in [1.165, 1.54) is 59.8 Å². The molecule has 0 atom stereocenters. The fraction of sp³-hybridized carbons (Fsp3) is 0.117. The lowest BCUT2D eigenvalue weighted by Gasteiger charge is -2.14. The largest absolute Gasteiger partial charge is 0.478 e. The molecule has 12 N–H and O–H groups in total. The van der Waals surface area contributed by atoms with Gasteiger partial charge in [0.15, 0.2) is 0 Å². The van der Waals surface area contributed by atoms with Crippen LogP contribution in [0.2, 0.25) is 0 Å². The molecule has 0 aliphatic heterocycles. The molecule has 1 amide bonds. The first-order chi connectivity index (χ1) is 69.6. The Morgan fingerprint density at radius 2 is 0.774 bits per heavy atom. The average molecular weight is 2170 g/mol. The van der Waals surface area contributed by atoms with Crippen LogP contribution in [0.25, 0.3) is 56.9 Å². The first-order valence-corrected chi connectivity index (χ1v) is 45.1. The number of nitrogen functional groups attached to an aromatic ring is 3. The van der Waals surface area contributed by atoms with Gasteiger partial charge in [0.25, 0.3) is 5.91 Å². The van der Waals surface area contributed by atoms with Crippen molar-refractivity contribution in [3.8, 4) is 56.9 Å². The molecule has 0 bridgehead atoms. The molecule has 0 unspecified atom stereocenters. The molecule has 43 heteroatoms. The molecule has 18 rings (SSSR count). The third-order valence-corrected chi connectivity index (χ3v) is 21.6. The van der Waals surface area contributed by atoms with Gasteiger partial charge in [-0.15, -0.1) is 0 Å². The fourth-order valence-electron chi connectivity index (χ4n) is 12.6. The van der Waals surface area contributed by atoms with E-state index in [2.05, 4.69) is 144 Å². The number of carbonyl (C=O) groups is 4. The van der Waals surface area contributed by atoms with Crippen LogP contribution in [0.4, 0.5) is 97.4 Å². The monoisotopic (exact) mass is 2170 g/mol. The predicted octanol–water partition coefficient (Wildman–Crippen LogP) is 23.1. The highest BCUT2D eigenvalue weighted by Gasteiger charge is 2.34. The lowest BCUT2D eigenvalue weighted by molar-refractivity contribution is -0.138. The van der Waals surface area contributed by atoms with Crippen LogP contribution in [0.5, 0.6) is 0 Å². The Labute approximate surface area is 851 Å². The molecule has 0 radical (unpaired) electrons. The van der Waals surface area contributed by atoms with Crippen molar-refractivity contribution in [1.82, 2.24) is 88.9 Å². The maximum Gasteiger partial charge on any atom is 0.416 e. The highest BCUT2D eigenvalue weighted by molar-refractivity contribution is 14.1. The maximum atomic E-state index is 13.6. The molecule has 11 aromatic heterocycles. The number of benzene rings is 7. The number of rotatable bonds is 17. The summed E-state index contributed by atoms with van der Waals surface area (Å²) in [5.41, 5.74) is 30.0. The van der Waals surface area contributed by atoms with Gasteiger partial charge < -0.3 is 67.2 Å². The van der Waals surface area contributed by atoms with Gasteiger partial charge in [-0.25, -0.2) is 69.2 Å². The second kappa shape index (κ2) is 51.2. The summed E-state index contributed by atoms with van der Waals surface area (Å²) in [6.45, 7) is 13.1. The van der Waals surface area contributed by atoms with Gasteiger partial charge in [-0.05, 0) is 269 Å². The van der Waals surface area contributed by atoms with Crippen molar-refractivity contribution >= 4 is 120 Å². The van der Waals surface area contributed by atoms with Gasteiger partial charge in [0.1, 0.15) is 0 Å². The number of halogens is 11. The number of carbonyl (C=O) groups excluding carboxylic acids is 3. The number of imidazole rings is 3. The van der Waals surface area contributed by atoms with Crippen LogP contribution in [0.1, 0.15) is 97.5 Å². The van der Waals surface area contributed by atoms with E-state index in [4.69, 9.17) is 27.0 Å². The number of aromatic amines is 1. The third-order valence-electron chi connectivity index (χ3n) is 20.0. The number of carboxylic acid groups (broad SMARTS) is 1. The SMILES string of the molecule is COC(=O)c1ccc(C)c(I)c1.COC(=O)c1ccc(C)c(Nc2nccc(-c3ccccn3)n2)c1.Cc1ccc(C(=O)O)cc1Nc1nccc(-c2ccccn2)n1.Cc1cn(-c2cc(N)cc(C(F)(F)F)c2)cn1.Cc1cn(-c2cc(NC(=O)c3ccc(C)c(Nc4nccc(-c5ccccn5)n4)c3)cc(C(F)(F)F)c2)cn1.Cc1cnc[nH]1.Nc1cc(Br)cc(C(F)(F)F)c1.Nc1nccc(-c2ccccn2)n1. The summed E-state index contributed by atoms with van der Waals surface area (Å²) >= 11 is 5.12. The van der Waals surface area contributed by atoms with Crippen LogP contribution in [0.3, 0.4) is 0 Å². The molecule has 32 nitrogen and oxygen atoms in total. The lowest BCUT2D eigenvalue weighted by Crippen LogP contribution is -2.14. The summed E-state index contributed by atoms with van der Waals surface area (Å²) in [7, 11) is 2.74. The molecule has 18 aromatic rings. The van der Waals surface area contributed by atoms with Crippen molar-refractivity contribution in [2.24, 2.45) is 0 Å². The molecule has 11 heterocycles. The minimum atomic E-state index is -4.60. The minimum absolute atomic E-state index is 0.00217. The number of pyridine rings is 4. The molecule has 0 saturated carbocycles. The molecular formula is C103H90BrF9IN25O7. The van der Waals surface area contributed by atoms with E-state index in [1.807, 2.05) is 126 Å². The molecule has 146 heavy (non-hydrogen) atoms. The average Bonchev–Trinajstić information content (AvgIpc) is 1.43. The zero-order valence-electron chi connectivity index (χ0n) is 78.8. The number of nitrogens with one attached hydrogen (secondary N) is 5. The van der Waals surface area contributed by atoms with Crippen molar-refractivity contribution in [2.45, 2.75) is 67.0 Å². The number of esters is 2. The summed E-state index contributed by atoms with van der Waals surface area (Å²) in [4.78, 5) is 112. The Bertz CT molecular complexity index is 7450. The number of aromatic nitrogens is 18. The number of anilines is 10. The van der Waals surface area contributed by atoms with Crippen LogP contribution < -0.4 is 38.5 Å². The van der Waals surface area contributed by atoms with E-state index in [0.717, 1.165) is 102 Å². The van der Waals surface area contributed by atoms with Gasteiger partial charge in [-0.3, -0.25) is 24.7 Å². The smallest absolute Gasteiger partial charge is 0.416 e. The van der Waals surface area contributed by atoms with Gasteiger partial charge in [0.05, 0.1) is 124 Å². The zero-order chi connectivity index (χ0) is 105. The third kappa shape index (κ3) is 33.0. The van der Waals surface area contributed by atoms with Gasteiger partial charge in [-0.1, -0.05) is 64.5 Å². The highest BCUT2D eigenvalue weighted by atomic mass is 127. The highest BCUT2D eigenvalue weighted by Crippen LogP contribution is 2.37. The Morgan fingerprint density at radius 3 is 1.14 bits per heavy atom. The van der Waals surface area contributed by atoms with E-state index in [0.29, 0.717) is 73.3 Å². The van der Waals surface area contributed by atoms with Gasteiger partial charge in [-0.2, -0.15) is 39.5 Å². The zero-order valence-corrected chi connectivity index (χ0v) is 82.6. The summed E-state index contributed by atoms with van der Waals surface area (Å²) in [5, 5.41) is 21.0. The van der Waals surface area contributed by atoms with Crippen molar-refractivity contribution in [3.05, 3.63) is 398 Å². The number of amides is 1. The molecule has 0 aliphatic carbocycles. The van der Waals surface area contributed by atoms with Gasteiger partial charge >= 0.3 is 36.4 Å². The number of aromatic carboxylic acids is 1. The fourth-order valence-corrected chi connectivity index (χ4v) is 13.6. The number of ether oxygens (including phenoxy) is 2. The van der Waals surface area contributed by atoms with Crippen LogP contribution in [0, 0.1) is 52.0 Å².